The minimum absolute atomic E-state index is 0.174. The van der Waals surface area contributed by atoms with Crippen molar-refractivity contribution in [2.75, 3.05) is 7.05 Å². The quantitative estimate of drug-likeness (QED) is 0.578. The highest BCUT2D eigenvalue weighted by Gasteiger charge is 2.36. The number of aliphatic carboxylic acids is 1. The monoisotopic (exact) mass is 365 g/mol. The van der Waals surface area contributed by atoms with Gasteiger partial charge in [0.05, 0.1) is 4.92 Å². The zero-order valence-electron chi connectivity index (χ0n) is 13.1. The third kappa shape index (κ3) is 3.98. The molecule has 2 aromatic rings. The van der Waals surface area contributed by atoms with Crippen LogP contribution in [0.1, 0.15) is 5.69 Å². The van der Waals surface area contributed by atoms with Gasteiger partial charge >= 0.3 is 5.97 Å². The number of nitrogens with zero attached hydrogens (tertiary/aromatic N) is 3. The van der Waals surface area contributed by atoms with Crippen LogP contribution in [0.4, 0.5) is 5.69 Å². The summed E-state index contributed by atoms with van der Waals surface area (Å²) in [5.41, 5.74) is -0.226. The van der Waals surface area contributed by atoms with Gasteiger partial charge in [-0.3, -0.25) is 19.9 Å². The lowest BCUT2D eigenvalue weighted by molar-refractivity contribution is -0.387. The number of carbonyl (C=O) groups is 1. The first-order valence-electron chi connectivity index (χ1n) is 7.09. The molecule has 9 nitrogen and oxygen atoms in total. The van der Waals surface area contributed by atoms with Gasteiger partial charge in [-0.05, 0) is 18.2 Å². The van der Waals surface area contributed by atoms with Crippen LogP contribution in [0.25, 0.3) is 0 Å². The third-order valence-corrected chi connectivity index (χ3v) is 5.49. The molecule has 0 saturated heterocycles. The Morgan fingerprint density at radius 1 is 1.28 bits per heavy atom. The molecule has 0 aliphatic rings. The number of carboxylic acids is 1. The second-order valence-corrected chi connectivity index (χ2v) is 7.09. The third-order valence-electron chi connectivity index (χ3n) is 3.57. The number of nitro groups is 1. The standard InChI is InChI=1S/C15H15N3O6S/c1-17(13(15(19)20)10-11-6-4-5-9-16-11)25(23,24)14-8-3-2-7-12(14)18(21)22/h2-9,13H,10H2,1H3,(H,19,20)/t13-/m1/s1. The number of para-hydroxylation sites is 1. The maximum atomic E-state index is 12.7. The summed E-state index contributed by atoms with van der Waals surface area (Å²) >= 11 is 0. The summed E-state index contributed by atoms with van der Waals surface area (Å²) in [4.78, 5) is 25.3. The van der Waals surface area contributed by atoms with Crippen LogP contribution in [0.2, 0.25) is 0 Å². The highest BCUT2D eigenvalue weighted by Crippen LogP contribution is 2.27. The number of hydrogen-bond donors (Lipinski definition) is 1. The Balaban J connectivity index is 2.43. The van der Waals surface area contributed by atoms with E-state index < -0.39 is 37.5 Å². The number of pyridine rings is 1. The van der Waals surface area contributed by atoms with E-state index in [0.29, 0.717) is 10.00 Å². The zero-order chi connectivity index (χ0) is 18.6. The van der Waals surface area contributed by atoms with Gasteiger partial charge in [-0.2, -0.15) is 4.31 Å². The summed E-state index contributed by atoms with van der Waals surface area (Å²) in [6, 6.07) is 8.20. The van der Waals surface area contributed by atoms with Crippen LogP contribution in [-0.2, 0) is 21.2 Å². The van der Waals surface area contributed by atoms with E-state index in [1.54, 1.807) is 18.2 Å². The summed E-state index contributed by atoms with van der Waals surface area (Å²) in [5, 5.41) is 20.5. The molecule has 0 aliphatic heterocycles. The van der Waals surface area contributed by atoms with E-state index >= 15 is 0 Å². The van der Waals surface area contributed by atoms with Crippen molar-refractivity contribution in [1.29, 1.82) is 0 Å². The van der Waals surface area contributed by atoms with E-state index in [1.165, 1.54) is 18.3 Å². The summed E-state index contributed by atoms with van der Waals surface area (Å²) < 4.78 is 26.1. The van der Waals surface area contributed by atoms with Gasteiger partial charge in [-0.25, -0.2) is 8.42 Å². The Morgan fingerprint density at radius 2 is 1.92 bits per heavy atom. The Hall–Kier alpha value is -2.85. The van der Waals surface area contributed by atoms with Crippen molar-refractivity contribution >= 4 is 21.7 Å². The number of carboxylic acid groups (broad SMARTS) is 1. The molecule has 1 heterocycles. The van der Waals surface area contributed by atoms with Crippen LogP contribution < -0.4 is 0 Å². The average Bonchev–Trinajstić information content (AvgIpc) is 2.59. The molecule has 1 aromatic heterocycles. The van der Waals surface area contributed by atoms with Gasteiger partial charge in [0.25, 0.3) is 5.69 Å². The van der Waals surface area contributed by atoms with Gasteiger partial charge in [0.1, 0.15) is 6.04 Å². The lowest BCUT2D eigenvalue weighted by Crippen LogP contribution is -2.44. The molecule has 0 unspecified atom stereocenters. The van der Waals surface area contributed by atoms with Crippen LogP contribution in [-0.4, -0.2) is 46.8 Å². The number of nitro benzene ring substituents is 1. The summed E-state index contributed by atoms with van der Waals surface area (Å²) in [6.07, 6.45) is 1.29. The average molecular weight is 365 g/mol. The molecule has 0 aliphatic carbocycles. The van der Waals surface area contributed by atoms with Gasteiger partial charge in [-0.1, -0.05) is 18.2 Å². The van der Waals surface area contributed by atoms with Gasteiger partial charge in [-0.15, -0.1) is 0 Å². The molecule has 10 heteroatoms. The Labute approximate surface area is 143 Å². The van der Waals surface area contributed by atoms with Crippen LogP contribution >= 0.6 is 0 Å². The van der Waals surface area contributed by atoms with Crippen molar-refractivity contribution in [3.63, 3.8) is 0 Å². The van der Waals surface area contributed by atoms with Crippen LogP contribution in [0.5, 0.6) is 0 Å². The SMILES string of the molecule is CN([C@H](Cc1ccccn1)C(=O)O)S(=O)(=O)c1ccccc1[N+](=O)[O-]. The van der Waals surface area contributed by atoms with E-state index in [4.69, 9.17) is 0 Å². The first kappa shape index (κ1) is 18.5. The molecule has 0 fully saturated rings. The maximum absolute atomic E-state index is 12.7. The molecule has 0 amide bonds. The number of likely N-dealkylation sites (N-methyl/N-ethyl adjacent to an activating group) is 1. The van der Waals surface area contributed by atoms with E-state index in [9.17, 15) is 28.4 Å². The molecular formula is C15H15N3O6S. The van der Waals surface area contributed by atoms with E-state index in [-0.39, 0.29) is 6.42 Å². The number of benzene rings is 1. The Bertz CT molecular complexity index is 885. The van der Waals surface area contributed by atoms with Crippen molar-refractivity contribution < 1.29 is 23.2 Å². The molecule has 0 bridgehead atoms. The second kappa shape index (κ2) is 7.36. The molecular weight excluding hydrogens is 350 g/mol. The molecule has 0 radical (unpaired) electrons. The van der Waals surface area contributed by atoms with Crippen molar-refractivity contribution in [2.45, 2.75) is 17.4 Å². The van der Waals surface area contributed by atoms with Crippen LogP contribution in [0, 0.1) is 10.1 Å². The van der Waals surface area contributed by atoms with Crippen molar-refractivity contribution in [3.8, 4) is 0 Å². The minimum atomic E-state index is -4.40. The lowest BCUT2D eigenvalue weighted by Gasteiger charge is -2.24. The van der Waals surface area contributed by atoms with Gasteiger partial charge in [0.2, 0.25) is 10.0 Å². The van der Waals surface area contributed by atoms with Crippen molar-refractivity contribution in [2.24, 2.45) is 0 Å². The topological polar surface area (TPSA) is 131 Å². The smallest absolute Gasteiger partial charge is 0.322 e. The van der Waals surface area contributed by atoms with Gasteiger partial charge < -0.3 is 5.11 Å². The largest absolute Gasteiger partial charge is 0.480 e. The van der Waals surface area contributed by atoms with E-state index in [2.05, 4.69) is 4.98 Å². The summed E-state index contributed by atoms with van der Waals surface area (Å²) in [5.74, 6) is -1.38. The fraction of sp³-hybridized carbons (Fsp3) is 0.200. The Kier molecular flexibility index (Phi) is 5.45. The fourth-order valence-corrected chi connectivity index (χ4v) is 3.70. The van der Waals surface area contributed by atoms with Crippen molar-refractivity contribution in [3.05, 3.63) is 64.5 Å². The fourth-order valence-electron chi connectivity index (χ4n) is 2.24. The second-order valence-electron chi connectivity index (χ2n) is 5.13. The molecule has 132 valence electrons. The lowest BCUT2D eigenvalue weighted by atomic mass is 10.1. The summed E-state index contributed by atoms with van der Waals surface area (Å²) in [6.45, 7) is 0. The number of sulfonamides is 1. The highest BCUT2D eigenvalue weighted by molar-refractivity contribution is 7.89. The van der Waals surface area contributed by atoms with E-state index in [1.807, 2.05) is 0 Å². The molecule has 1 atom stereocenters. The Morgan fingerprint density at radius 3 is 2.48 bits per heavy atom. The predicted molar refractivity (Wildman–Crippen MR) is 87.4 cm³/mol. The zero-order valence-corrected chi connectivity index (χ0v) is 14.0. The summed E-state index contributed by atoms with van der Waals surface area (Å²) in [7, 11) is -3.32. The first-order valence-corrected chi connectivity index (χ1v) is 8.53. The normalized spacial score (nSPS) is 12.7. The molecule has 1 N–H and O–H groups in total. The van der Waals surface area contributed by atoms with Gasteiger partial charge in [0, 0.05) is 31.4 Å². The number of rotatable bonds is 7. The number of hydrogen-bond acceptors (Lipinski definition) is 6. The highest BCUT2D eigenvalue weighted by atomic mass is 32.2. The van der Waals surface area contributed by atoms with Crippen LogP contribution in [0.15, 0.2) is 53.6 Å². The van der Waals surface area contributed by atoms with Crippen LogP contribution in [0.3, 0.4) is 0 Å². The molecule has 25 heavy (non-hydrogen) atoms. The minimum Gasteiger partial charge on any atom is -0.480 e. The molecule has 1 aromatic carbocycles. The van der Waals surface area contributed by atoms with E-state index in [0.717, 1.165) is 19.2 Å². The van der Waals surface area contributed by atoms with Crippen molar-refractivity contribution in [1.82, 2.24) is 9.29 Å². The number of aromatic nitrogens is 1. The molecule has 0 saturated carbocycles. The first-order chi connectivity index (χ1) is 11.7. The molecule has 0 spiro atoms. The predicted octanol–water partition coefficient (Wildman–Crippen LogP) is 1.31. The maximum Gasteiger partial charge on any atom is 0.322 e. The van der Waals surface area contributed by atoms with Gasteiger partial charge in [0.15, 0.2) is 4.90 Å². The molecule has 2 rings (SSSR count).